The van der Waals surface area contributed by atoms with Crippen LogP contribution in [0.1, 0.15) is 48.4 Å². The van der Waals surface area contributed by atoms with Crippen LogP contribution in [-0.2, 0) is 0 Å². The van der Waals surface area contributed by atoms with Crippen LogP contribution < -0.4 is 14.8 Å². The monoisotopic (exact) mass is 438 g/mol. The first-order valence-corrected chi connectivity index (χ1v) is 11.7. The summed E-state index contributed by atoms with van der Waals surface area (Å²) in [7, 11) is 1.66. The largest absolute Gasteiger partial charge is 0.493 e. The lowest BCUT2D eigenvalue weighted by Crippen LogP contribution is -2.28. The molecule has 0 amide bonds. The molecule has 3 aromatic carbocycles. The van der Waals surface area contributed by atoms with E-state index >= 15 is 0 Å². The van der Waals surface area contributed by atoms with Gasteiger partial charge in [0.2, 0.25) is 0 Å². The van der Waals surface area contributed by atoms with E-state index in [9.17, 15) is 0 Å². The van der Waals surface area contributed by atoms with Gasteiger partial charge in [-0.1, -0.05) is 49.4 Å². The van der Waals surface area contributed by atoms with E-state index in [0.29, 0.717) is 24.5 Å². The fourth-order valence-corrected chi connectivity index (χ4v) is 4.89. The summed E-state index contributed by atoms with van der Waals surface area (Å²) >= 11 is 0. The van der Waals surface area contributed by atoms with E-state index in [1.54, 1.807) is 7.11 Å². The van der Waals surface area contributed by atoms with Crippen LogP contribution in [0.15, 0.2) is 83.9 Å². The summed E-state index contributed by atoms with van der Waals surface area (Å²) in [4.78, 5) is 4.68. The number of aliphatic imine (C=N–C) groups is 1. The maximum absolute atomic E-state index is 5.74. The molecule has 0 saturated heterocycles. The lowest BCUT2D eigenvalue weighted by Gasteiger charge is -2.37. The summed E-state index contributed by atoms with van der Waals surface area (Å²) in [5.41, 5.74) is 5.88. The number of para-hydroxylation sites is 1. The molecule has 0 bridgehead atoms. The van der Waals surface area contributed by atoms with E-state index in [-0.39, 0.29) is 0 Å². The van der Waals surface area contributed by atoms with Gasteiger partial charge in [0.25, 0.3) is 0 Å². The minimum absolute atomic E-state index is 0.304. The summed E-state index contributed by atoms with van der Waals surface area (Å²) in [5.74, 6) is 2.54. The van der Waals surface area contributed by atoms with Crippen LogP contribution in [0.4, 0.5) is 11.4 Å². The van der Waals surface area contributed by atoms with Gasteiger partial charge < -0.3 is 14.8 Å². The van der Waals surface area contributed by atoms with E-state index in [4.69, 9.17) is 9.47 Å². The summed E-state index contributed by atoms with van der Waals surface area (Å²) in [6, 6.07) is 23.5. The van der Waals surface area contributed by atoms with E-state index in [2.05, 4.69) is 77.9 Å². The number of hydrogen-bond donors (Lipinski definition) is 1. The first-order valence-electron chi connectivity index (χ1n) is 11.7. The molecule has 5 rings (SSSR count). The number of anilines is 1. The zero-order valence-corrected chi connectivity index (χ0v) is 19.2. The maximum Gasteiger partial charge on any atom is 0.161 e. The van der Waals surface area contributed by atoms with Crippen molar-refractivity contribution in [1.82, 2.24) is 0 Å². The molecule has 0 saturated carbocycles. The van der Waals surface area contributed by atoms with E-state index in [1.165, 1.54) is 16.8 Å². The Balaban J connectivity index is 1.32. The zero-order valence-electron chi connectivity index (χ0n) is 19.2. The van der Waals surface area contributed by atoms with Crippen LogP contribution in [-0.4, -0.2) is 19.9 Å². The molecule has 0 aromatic heterocycles. The van der Waals surface area contributed by atoms with Crippen molar-refractivity contribution >= 4 is 17.6 Å². The molecule has 0 spiro atoms. The number of allylic oxidation sites excluding steroid dienone is 2. The summed E-state index contributed by atoms with van der Waals surface area (Å²) in [6.45, 7) is 2.76. The Morgan fingerprint density at radius 2 is 1.88 bits per heavy atom. The molecule has 3 atom stereocenters. The molecule has 3 aromatic rings. The first-order chi connectivity index (χ1) is 16.3. The van der Waals surface area contributed by atoms with Gasteiger partial charge in [0, 0.05) is 17.8 Å². The van der Waals surface area contributed by atoms with Crippen molar-refractivity contribution in [3.63, 3.8) is 0 Å². The highest BCUT2D eigenvalue weighted by molar-refractivity contribution is 5.83. The van der Waals surface area contributed by atoms with Crippen LogP contribution in [0.5, 0.6) is 11.5 Å². The lowest BCUT2D eigenvalue weighted by molar-refractivity contribution is 0.294. The van der Waals surface area contributed by atoms with Crippen molar-refractivity contribution in [3.8, 4) is 11.5 Å². The minimum Gasteiger partial charge on any atom is -0.493 e. The van der Waals surface area contributed by atoms with Gasteiger partial charge in [-0.3, -0.25) is 4.99 Å². The van der Waals surface area contributed by atoms with Crippen LogP contribution in [0.3, 0.4) is 0 Å². The Bertz CT molecular complexity index is 1170. The second kappa shape index (κ2) is 9.53. The van der Waals surface area contributed by atoms with E-state index < -0.39 is 0 Å². The number of nitrogens with one attached hydrogen (secondary N) is 1. The number of fused-ring (bicyclic) bond motifs is 3. The van der Waals surface area contributed by atoms with Gasteiger partial charge in [0.1, 0.15) is 0 Å². The third kappa shape index (κ3) is 4.38. The molecule has 0 fully saturated rings. The molecule has 168 valence electrons. The number of nitrogens with zero attached hydrogens (tertiary/aromatic N) is 1. The normalized spacial score (nSPS) is 20.8. The minimum atomic E-state index is 0.304. The SMILES string of the molecule is CCCOc1ccc(C=Nc2ccc([C@@H]3Nc4ccccc4[C@@H]4C=CC[C@@H]43)cc2)cc1OC. The molecule has 1 N–H and O–H groups in total. The topological polar surface area (TPSA) is 42.8 Å². The quantitative estimate of drug-likeness (QED) is 0.317. The molecular weight excluding hydrogens is 408 g/mol. The standard InChI is InChI=1S/C29H30N2O2/c1-3-17-33-27-16-11-20(18-28(27)32-2)19-30-22-14-12-21(13-15-22)29-25-9-6-8-23(25)24-7-4-5-10-26(24)31-29/h4-8,10-16,18-19,23,25,29,31H,3,9,17H2,1-2H3/t23-,25-,29-/m0/s1. The molecule has 1 aliphatic carbocycles. The number of ether oxygens (including phenoxy) is 2. The summed E-state index contributed by atoms with van der Waals surface area (Å²) in [5, 5.41) is 3.79. The molecule has 4 nitrogen and oxygen atoms in total. The summed E-state index contributed by atoms with van der Waals surface area (Å²) in [6.07, 6.45) is 8.65. The van der Waals surface area contributed by atoms with E-state index in [1.807, 2.05) is 24.4 Å². The maximum atomic E-state index is 5.74. The highest BCUT2D eigenvalue weighted by atomic mass is 16.5. The van der Waals surface area contributed by atoms with Crippen molar-refractivity contribution < 1.29 is 9.47 Å². The van der Waals surface area contributed by atoms with Crippen LogP contribution in [0.25, 0.3) is 0 Å². The Labute approximate surface area is 196 Å². The molecule has 1 aliphatic heterocycles. The second-order valence-corrected chi connectivity index (χ2v) is 8.67. The Morgan fingerprint density at radius 3 is 2.70 bits per heavy atom. The predicted octanol–water partition coefficient (Wildman–Crippen LogP) is 7.06. The fourth-order valence-electron chi connectivity index (χ4n) is 4.89. The van der Waals surface area contributed by atoms with Crippen molar-refractivity contribution in [3.05, 3.63) is 95.6 Å². The zero-order chi connectivity index (χ0) is 22.6. The molecule has 33 heavy (non-hydrogen) atoms. The number of benzene rings is 3. The van der Waals surface area contributed by atoms with Gasteiger partial charge in [0.15, 0.2) is 11.5 Å². The number of hydrogen-bond acceptors (Lipinski definition) is 4. The van der Waals surface area contributed by atoms with Crippen LogP contribution in [0.2, 0.25) is 0 Å². The Kier molecular flexibility index (Phi) is 6.16. The van der Waals surface area contributed by atoms with Crippen molar-refractivity contribution in [2.75, 3.05) is 19.0 Å². The molecule has 2 aliphatic rings. The highest BCUT2D eigenvalue weighted by Gasteiger charge is 2.37. The smallest absolute Gasteiger partial charge is 0.161 e. The van der Waals surface area contributed by atoms with Gasteiger partial charge >= 0.3 is 0 Å². The molecular formula is C29H30N2O2. The van der Waals surface area contributed by atoms with Crippen LogP contribution >= 0.6 is 0 Å². The van der Waals surface area contributed by atoms with Crippen molar-refractivity contribution in [2.24, 2.45) is 10.9 Å². The van der Waals surface area contributed by atoms with Crippen LogP contribution in [0, 0.1) is 5.92 Å². The molecule has 0 unspecified atom stereocenters. The number of methoxy groups -OCH3 is 1. The average Bonchev–Trinajstić information content (AvgIpc) is 3.37. The Hall–Kier alpha value is -3.53. The van der Waals surface area contributed by atoms with Crippen molar-refractivity contribution in [2.45, 2.75) is 31.7 Å². The number of rotatable bonds is 7. The highest BCUT2D eigenvalue weighted by Crippen LogP contribution is 2.49. The molecule has 4 heteroatoms. The predicted molar refractivity (Wildman–Crippen MR) is 135 cm³/mol. The van der Waals surface area contributed by atoms with Gasteiger partial charge in [-0.15, -0.1) is 0 Å². The summed E-state index contributed by atoms with van der Waals surface area (Å²) < 4.78 is 11.2. The van der Waals surface area contributed by atoms with Gasteiger partial charge in [0.05, 0.1) is 25.4 Å². The third-order valence-electron chi connectivity index (χ3n) is 6.54. The Morgan fingerprint density at radius 1 is 1.03 bits per heavy atom. The van der Waals surface area contributed by atoms with Gasteiger partial charge in [-0.2, -0.15) is 0 Å². The van der Waals surface area contributed by atoms with E-state index in [0.717, 1.165) is 35.6 Å². The molecule has 1 heterocycles. The fraction of sp³-hybridized carbons (Fsp3) is 0.276. The van der Waals surface area contributed by atoms with Crippen molar-refractivity contribution in [1.29, 1.82) is 0 Å². The third-order valence-corrected chi connectivity index (χ3v) is 6.54. The van der Waals surface area contributed by atoms with Gasteiger partial charge in [-0.25, -0.2) is 0 Å². The molecule has 0 radical (unpaired) electrons. The first kappa shape index (κ1) is 21.3. The average molecular weight is 439 g/mol. The van der Waals surface area contributed by atoms with Gasteiger partial charge in [-0.05, 0) is 71.8 Å². The second-order valence-electron chi connectivity index (χ2n) is 8.67. The lowest BCUT2D eigenvalue weighted by atomic mass is 9.77.